The first-order valence-electron chi connectivity index (χ1n) is 12.4. The maximum absolute atomic E-state index is 6.15. The highest BCUT2D eigenvalue weighted by Gasteiger charge is 2.34. The Labute approximate surface area is 212 Å². The van der Waals surface area contributed by atoms with Crippen LogP contribution in [0.25, 0.3) is 22.1 Å². The minimum Gasteiger partial charge on any atom is -0.457 e. The number of hydrogen-bond donors (Lipinski definition) is 2. The van der Waals surface area contributed by atoms with E-state index in [1.807, 2.05) is 50.4 Å². The monoisotopic (exact) mass is 494 g/mol. The van der Waals surface area contributed by atoms with Crippen molar-refractivity contribution in [1.29, 1.82) is 0 Å². The van der Waals surface area contributed by atoms with Crippen LogP contribution in [0.1, 0.15) is 18.4 Å². The number of piperidine rings is 2. The number of rotatable bonds is 5. The smallest absolute Gasteiger partial charge is 0.226 e. The topological polar surface area (TPSA) is 119 Å². The van der Waals surface area contributed by atoms with Crippen molar-refractivity contribution in [2.45, 2.75) is 31.8 Å². The molecule has 2 aromatic carbocycles. The van der Waals surface area contributed by atoms with Crippen LogP contribution in [0.3, 0.4) is 0 Å². The first-order valence-corrected chi connectivity index (χ1v) is 12.4. The maximum atomic E-state index is 6.15. The molecule has 0 saturated carbocycles. The summed E-state index contributed by atoms with van der Waals surface area (Å²) in [5, 5.41) is 15.2. The molecule has 2 atom stereocenters. The van der Waals surface area contributed by atoms with Crippen molar-refractivity contribution < 1.29 is 4.74 Å². The lowest BCUT2D eigenvalue weighted by Gasteiger charge is -2.45. The number of fused-ring (bicyclic) bond motifs is 5. The number of anilines is 3. The quantitative estimate of drug-likeness (QED) is 0.376. The normalized spacial score (nSPS) is 19.0. The SMILES string of the molecule is Cc1cc(Nc2ncnc3cnc(N4CC5CCC4CN5)nc23)ccc1Oc1ccc2c(c1)nnn2C. The van der Waals surface area contributed by atoms with Gasteiger partial charge in [-0.15, -0.1) is 5.10 Å². The lowest BCUT2D eigenvalue weighted by atomic mass is 9.93. The van der Waals surface area contributed by atoms with Gasteiger partial charge in [0.25, 0.3) is 0 Å². The number of aryl methyl sites for hydroxylation is 2. The Morgan fingerprint density at radius 2 is 2.00 bits per heavy atom. The van der Waals surface area contributed by atoms with E-state index >= 15 is 0 Å². The highest BCUT2D eigenvalue weighted by Crippen LogP contribution is 2.31. The lowest BCUT2D eigenvalue weighted by molar-refractivity contribution is 0.287. The molecule has 6 heterocycles. The third kappa shape index (κ3) is 3.97. The Morgan fingerprint density at radius 3 is 2.81 bits per heavy atom. The molecule has 3 aliphatic rings. The summed E-state index contributed by atoms with van der Waals surface area (Å²) in [6.07, 6.45) is 5.69. The number of nitrogens with one attached hydrogen (secondary N) is 2. The van der Waals surface area contributed by atoms with Gasteiger partial charge in [-0.1, -0.05) is 5.21 Å². The van der Waals surface area contributed by atoms with Gasteiger partial charge in [-0.2, -0.15) is 0 Å². The van der Waals surface area contributed by atoms with Gasteiger partial charge >= 0.3 is 0 Å². The molecule has 3 fully saturated rings. The van der Waals surface area contributed by atoms with Gasteiger partial charge in [0.15, 0.2) is 5.82 Å². The van der Waals surface area contributed by atoms with Gasteiger partial charge in [-0.25, -0.2) is 24.6 Å². The third-order valence-electron chi connectivity index (χ3n) is 7.22. The van der Waals surface area contributed by atoms with Gasteiger partial charge in [0.05, 0.1) is 11.7 Å². The summed E-state index contributed by atoms with van der Waals surface area (Å²) in [6.45, 7) is 3.92. The number of aromatic nitrogens is 7. The molecule has 8 rings (SSSR count). The molecule has 0 spiro atoms. The lowest BCUT2D eigenvalue weighted by Crippen LogP contribution is -2.61. The zero-order valence-electron chi connectivity index (χ0n) is 20.6. The standard InChI is InChI=1S/C26H26N10O/c1-15-9-16(4-8-23(15)37-19-6-7-22-20(10-19)33-34-35(22)2)31-25-24-21(29-14-30-25)12-28-26(32-24)36-13-17-3-5-18(36)11-27-17/h4,6-10,12,14,17-18,27H,3,5,11,13H2,1-2H3,(H,29,30,31). The second-order valence-electron chi connectivity index (χ2n) is 9.69. The molecule has 3 aromatic heterocycles. The molecule has 11 nitrogen and oxygen atoms in total. The van der Waals surface area contributed by atoms with Crippen molar-refractivity contribution in [2.75, 3.05) is 23.3 Å². The van der Waals surface area contributed by atoms with E-state index < -0.39 is 0 Å². The molecule has 3 aliphatic heterocycles. The molecule has 186 valence electrons. The van der Waals surface area contributed by atoms with Crippen LogP contribution < -0.4 is 20.3 Å². The van der Waals surface area contributed by atoms with Crippen LogP contribution in [0.2, 0.25) is 0 Å². The molecule has 5 aromatic rings. The van der Waals surface area contributed by atoms with Crippen molar-refractivity contribution in [3.05, 3.63) is 54.5 Å². The van der Waals surface area contributed by atoms with E-state index in [0.29, 0.717) is 34.7 Å². The number of piperazine rings is 1. The van der Waals surface area contributed by atoms with Crippen LogP contribution >= 0.6 is 0 Å². The third-order valence-corrected chi connectivity index (χ3v) is 7.22. The van der Waals surface area contributed by atoms with Crippen LogP contribution in [0.4, 0.5) is 17.5 Å². The molecular formula is C26H26N10O. The summed E-state index contributed by atoms with van der Waals surface area (Å²) in [4.78, 5) is 20.7. The average molecular weight is 495 g/mol. The fourth-order valence-corrected chi connectivity index (χ4v) is 5.22. The van der Waals surface area contributed by atoms with E-state index in [4.69, 9.17) is 9.72 Å². The first-order chi connectivity index (χ1) is 18.1. The van der Waals surface area contributed by atoms with E-state index in [-0.39, 0.29) is 0 Å². The van der Waals surface area contributed by atoms with E-state index in [0.717, 1.165) is 53.5 Å². The fraction of sp³-hybridized carbons (Fsp3) is 0.308. The van der Waals surface area contributed by atoms with Gasteiger partial charge in [-0.05, 0) is 55.7 Å². The first kappa shape index (κ1) is 21.9. The largest absolute Gasteiger partial charge is 0.457 e. The zero-order chi connectivity index (χ0) is 24.9. The van der Waals surface area contributed by atoms with Crippen molar-refractivity contribution >= 4 is 39.5 Å². The molecular weight excluding hydrogens is 468 g/mol. The average Bonchev–Trinajstić information content (AvgIpc) is 3.30. The Bertz CT molecular complexity index is 1630. The second-order valence-corrected chi connectivity index (χ2v) is 9.69. The van der Waals surface area contributed by atoms with Crippen LogP contribution in [0.15, 0.2) is 48.9 Å². The van der Waals surface area contributed by atoms with Crippen LogP contribution in [-0.4, -0.2) is 60.1 Å². The molecule has 3 saturated heterocycles. The number of nitrogens with zero attached hydrogens (tertiary/aromatic N) is 8. The van der Waals surface area contributed by atoms with Gasteiger partial charge < -0.3 is 20.3 Å². The number of hydrogen-bond acceptors (Lipinski definition) is 10. The summed E-state index contributed by atoms with van der Waals surface area (Å²) in [5.41, 5.74) is 5.03. The maximum Gasteiger partial charge on any atom is 0.226 e. The minimum atomic E-state index is 0.424. The van der Waals surface area contributed by atoms with E-state index in [1.54, 1.807) is 10.9 Å². The molecule has 2 bridgehead atoms. The Balaban J connectivity index is 1.14. The van der Waals surface area contributed by atoms with Crippen molar-refractivity contribution in [3.8, 4) is 11.5 Å². The highest BCUT2D eigenvalue weighted by molar-refractivity contribution is 5.87. The Hall–Kier alpha value is -4.38. The summed E-state index contributed by atoms with van der Waals surface area (Å²) < 4.78 is 7.89. The predicted octanol–water partition coefficient (Wildman–Crippen LogP) is 3.49. The van der Waals surface area contributed by atoms with E-state index in [1.165, 1.54) is 12.7 Å². The number of benzene rings is 2. The van der Waals surface area contributed by atoms with Crippen LogP contribution in [0, 0.1) is 6.92 Å². The van der Waals surface area contributed by atoms with E-state index in [2.05, 4.69) is 40.8 Å². The minimum absolute atomic E-state index is 0.424. The van der Waals surface area contributed by atoms with Gasteiger partial charge in [-0.3, -0.25) is 0 Å². The molecule has 0 radical (unpaired) electrons. The van der Waals surface area contributed by atoms with Crippen molar-refractivity contribution in [1.82, 2.24) is 40.2 Å². The predicted molar refractivity (Wildman–Crippen MR) is 140 cm³/mol. The van der Waals surface area contributed by atoms with Crippen LogP contribution in [0.5, 0.6) is 11.5 Å². The Kier molecular flexibility index (Phi) is 5.10. The van der Waals surface area contributed by atoms with Gasteiger partial charge in [0.1, 0.15) is 34.4 Å². The summed E-state index contributed by atoms with van der Waals surface area (Å²) in [5.74, 6) is 2.86. The molecule has 0 amide bonds. The van der Waals surface area contributed by atoms with Gasteiger partial charge in [0.2, 0.25) is 5.95 Å². The summed E-state index contributed by atoms with van der Waals surface area (Å²) in [6, 6.07) is 12.6. The molecule has 37 heavy (non-hydrogen) atoms. The fourth-order valence-electron chi connectivity index (χ4n) is 5.22. The van der Waals surface area contributed by atoms with E-state index in [9.17, 15) is 0 Å². The Morgan fingerprint density at radius 1 is 1.05 bits per heavy atom. The van der Waals surface area contributed by atoms with Gasteiger partial charge in [0, 0.05) is 44.0 Å². The molecule has 2 unspecified atom stereocenters. The number of ether oxygens (including phenoxy) is 1. The van der Waals surface area contributed by atoms with Crippen molar-refractivity contribution in [3.63, 3.8) is 0 Å². The molecule has 2 N–H and O–H groups in total. The van der Waals surface area contributed by atoms with Crippen LogP contribution in [-0.2, 0) is 7.05 Å². The summed E-state index contributed by atoms with van der Waals surface area (Å²) >= 11 is 0. The highest BCUT2D eigenvalue weighted by atomic mass is 16.5. The molecule has 11 heteroatoms. The zero-order valence-corrected chi connectivity index (χ0v) is 20.6. The summed E-state index contributed by atoms with van der Waals surface area (Å²) in [7, 11) is 1.87. The molecule has 0 aliphatic carbocycles. The second kappa shape index (κ2) is 8.63. The van der Waals surface area contributed by atoms with Crippen molar-refractivity contribution in [2.24, 2.45) is 7.05 Å².